The maximum Gasteiger partial charge on any atom is 0.234 e. The number of rotatable bonds is 11. The van der Waals surface area contributed by atoms with E-state index in [1.54, 1.807) is 0 Å². The van der Waals surface area contributed by atoms with Gasteiger partial charge >= 0.3 is 0 Å². The van der Waals surface area contributed by atoms with Crippen LogP contribution < -0.4 is 9.47 Å². The summed E-state index contributed by atoms with van der Waals surface area (Å²) in [6, 6.07) is 10.6. The molecule has 0 atom stereocenters. The van der Waals surface area contributed by atoms with E-state index < -0.39 is 0 Å². The van der Waals surface area contributed by atoms with Gasteiger partial charge in [0.05, 0.1) is 25.0 Å². The third-order valence-corrected chi connectivity index (χ3v) is 8.03. The van der Waals surface area contributed by atoms with Crippen LogP contribution in [0.2, 0.25) is 0 Å². The zero-order valence-electron chi connectivity index (χ0n) is 23.9. The van der Waals surface area contributed by atoms with Crippen LogP contribution in [0.5, 0.6) is 11.6 Å². The summed E-state index contributed by atoms with van der Waals surface area (Å²) in [6.07, 6.45) is 13.8. The molecule has 9 heteroatoms. The molecule has 3 fully saturated rings. The summed E-state index contributed by atoms with van der Waals surface area (Å²) in [5, 5.41) is 9.11. The van der Waals surface area contributed by atoms with Gasteiger partial charge in [-0.05, 0) is 75.5 Å². The van der Waals surface area contributed by atoms with Crippen molar-refractivity contribution in [1.29, 1.82) is 0 Å². The number of halogens is 2. The van der Waals surface area contributed by atoms with Gasteiger partial charge < -0.3 is 23.8 Å². The summed E-state index contributed by atoms with van der Waals surface area (Å²) in [5.74, 6) is 1.59. The Morgan fingerprint density at radius 2 is 1.55 bits per heavy atom. The Morgan fingerprint density at radius 1 is 0.850 bits per heavy atom. The van der Waals surface area contributed by atoms with Crippen molar-refractivity contribution in [3.8, 4) is 22.8 Å². The number of piperidine rings is 1. The molecule has 0 bridgehead atoms. The van der Waals surface area contributed by atoms with Gasteiger partial charge in [-0.15, -0.1) is 29.9 Å². The quantitative estimate of drug-likeness (QED) is 0.276. The molecule has 2 aromatic rings. The van der Waals surface area contributed by atoms with E-state index in [9.17, 15) is 0 Å². The van der Waals surface area contributed by atoms with E-state index in [4.69, 9.17) is 18.9 Å². The maximum absolute atomic E-state index is 6.37. The molecule has 1 saturated carbocycles. The molecule has 1 aromatic carbocycles. The highest BCUT2D eigenvalue weighted by Gasteiger charge is 2.23. The van der Waals surface area contributed by atoms with Crippen LogP contribution in [0, 0.1) is 0 Å². The fourth-order valence-corrected chi connectivity index (χ4v) is 5.74. The van der Waals surface area contributed by atoms with E-state index in [2.05, 4.69) is 52.4 Å². The average molecular weight is 597 g/mol. The molecular weight excluding hydrogens is 549 g/mol. The first kappa shape index (κ1) is 32.9. The molecular formula is C31H47Cl2N3O4. The van der Waals surface area contributed by atoms with Crippen molar-refractivity contribution in [3.05, 3.63) is 36.0 Å². The standard InChI is InChI=1S/C31H45N3O4.2ClH/c1-2-3-10-29-28(24-11-13-26(14-12-24)37-25-8-5-4-6-9-25)23-30(33-32-29)38-27-15-18-34(19-16-27)20-17-31-35-21-7-22-36-31;;/h11-14,23,25,27,31H,2-10,15-22H2,1H3;2*1H. The molecule has 0 radical (unpaired) electrons. The highest BCUT2D eigenvalue weighted by atomic mass is 35.5. The van der Waals surface area contributed by atoms with Crippen LogP contribution in [0.15, 0.2) is 30.3 Å². The van der Waals surface area contributed by atoms with E-state index >= 15 is 0 Å². The lowest BCUT2D eigenvalue weighted by Crippen LogP contribution is -2.40. The Kier molecular flexibility index (Phi) is 14.3. The van der Waals surface area contributed by atoms with Gasteiger partial charge in [0.2, 0.25) is 5.88 Å². The predicted molar refractivity (Wildman–Crippen MR) is 163 cm³/mol. The number of hydrogen-bond acceptors (Lipinski definition) is 7. The number of likely N-dealkylation sites (tertiary alicyclic amines) is 1. The zero-order valence-corrected chi connectivity index (χ0v) is 25.6. The smallest absolute Gasteiger partial charge is 0.234 e. The number of nitrogens with zero attached hydrogens (tertiary/aromatic N) is 3. The normalized spacial score (nSPS) is 19.4. The fourth-order valence-electron chi connectivity index (χ4n) is 5.74. The number of aryl methyl sites for hydroxylation is 1. The topological polar surface area (TPSA) is 65.9 Å². The molecule has 0 spiro atoms. The first-order valence-electron chi connectivity index (χ1n) is 15.0. The molecule has 224 valence electrons. The SMILES string of the molecule is CCCCc1nnc(OC2CCN(CCC3OCCCO3)CC2)cc1-c1ccc(OC2CCCCC2)cc1.Cl.Cl. The lowest BCUT2D eigenvalue weighted by molar-refractivity contribution is -0.183. The molecule has 0 unspecified atom stereocenters. The average Bonchev–Trinajstić information content (AvgIpc) is 2.98. The highest BCUT2D eigenvalue weighted by molar-refractivity contribution is 5.85. The Balaban J connectivity index is 0.00000220. The van der Waals surface area contributed by atoms with E-state index in [1.165, 1.54) is 32.1 Å². The van der Waals surface area contributed by atoms with Crippen molar-refractivity contribution in [2.24, 2.45) is 0 Å². The first-order chi connectivity index (χ1) is 18.8. The van der Waals surface area contributed by atoms with Gasteiger partial charge in [0.25, 0.3) is 0 Å². The summed E-state index contributed by atoms with van der Waals surface area (Å²) in [5.41, 5.74) is 3.31. The van der Waals surface area contributed by atoms with Gasteiger partial charge in [-0.1, -0.05) is 31.9 Å². The van der Waals surface area contributed by atoms with Crippen LogP contribution in [-0.2, 0) is 15.9 Å². The monoisotopic (exact) mass is 595 g/mol. The number of aromatic nitrogens is 2. The second-order valence-corrected chi connectivity index (χ2v) is 11.0. The molecule has 1 aliphatic carbocycles. The van der Waals surface area contributed by atoms with Crippen LogP contribution >= 0.6 is 24.8 Å². The van der Waals surface area contributed by atoms with Gasteiger partial charge in [-0.2, -0.15) is 5.10 Å². The van der Waals surface area contributed by atoms with E-state index in [-0.39, 0.29) is 37.2 Å². The van der Waals surface area contributed by atoms with Gasteiger partial charge in [0.15, 0.2) is 6.29 Å². The molecule has 3 aliphatic rings. The van der Waals surface area contributed by atoms with Crippen molar-refractivity contribution >= 4 is 24.8 Å². The molecule has 2 aliphatic heterocycles. The molecule has 2 saturated heterocycles. The summed E-state index contributed by atoms with van der Waals surface area (Å²) >= 11 is 0. The number of unbranched alkanes of at least 4 members (excludes halogenated alkanes) is 1. The minimum absolute atomic E-state index is 0. The summed E-state index contributed by atoms with van der Waals surface area (Å²) in [6.45, 7) is 6.90. The molecule has 7 nitrogen and oxygen atoms in total. The largest absolute Gasteiger partial charge is 0.490 e. The first-order valence-corrected chi connectivity index (χ1v) is 15.0. The number of ether oxygens (including phenoxy) is 4. The van der Waals surface area contributed by atoms with E-state index in [1.807, 2.05) is 0 Å². The van der Waals surface area contributed by atoms with Crippen LogP contribution in [0.25, 0.3) is 11.1 Å². The molecule has 0 N–H and O–H groups in total. The second-order valence-electron chi connectivity index (χ2n) is 11.0. The van der Waals surface area contributed by atoms with Crippen molar-refractivity contribution in [3.63, 3.8) is 0 Å². The predicted octanol–water partition coefficient (Wildman–Crippen LogP) is 7.04. The highest BCUT2D eigenvalue weighted by Crippen LogP contribution is 2.30. The molecule has 3 heterocycles. The van der Waals surface area contributed by atoms with E-state index in [0.717, 1.165) is 100 Å². The second kappa shape index (κ2) is 17.3. The third kappa shape index (κ3) is 9.73. The minimum atomic E-state index is -0.0365. The van der Waals surface area contributed by atoms with Crippen molar-refractivity contribution in [2.75, 3.05) is 32.8 Å². The van der Waals surface area contributed by atoms with Gasteiger partial charge in [-0.25, -0.2) is 0 Å². The third-order valence-electron chi connectivity index (χ3n) is 8.03. The lowest BCUT2D eigenvalue weighted by atomic mass is 9.97. The molecule has 40 heavy (non-hydrogen) atoms. The van der Waals surface area contributed by atoms with Crippen LogP contribution in [-0.4, -0.2) is 66.4 Å². The van der Waals surface area contributed by atoms with Crippen LogP contribution in [0.4, 0.5) is 0 Å². The van der Waals surface area contributed by atoms with Crippen LogP contribution in [0.3, 0.4) is 0 Å². The molecule has 1 aromatic heterocycles. The van der Waals surface area contributed by atoms with Gasteiger partial charge in [0, 0.05) is 37.7 Å². The van der Waals surface area contributed by atoms with Gasteiger partial charge in [-0.3, -0.25) is 0 Å². The summed E-state index contributed by atoms with van der Waals surface area (Å²) in [4.78, 5) is 2.49. The summed E-state index contributed by atoms with van der Waals surface area (Å²) < 4.78 is 24.0. The maximum atomic E-state index is 6.37. The Morgan fingerprint density at radius 3 is 2.25 bits per heavy atom. The Labute approximate surface area is 252 Å². The Bertz CT molecular complexity index is 977. The Hall–Kier alpha value is -1.64. The van der Waals surface area contributed by atoms with Crippen LogP contribution in [0.1, 0.15) is 83.2 Å². The lowest BCUT2D eigenvalue weighted by Gasteiger charge is -2.33. The fraction of sp³-hybridized carbons (Fsp3) is 0.677. The number of benzene rings is 1. The minimum Gasteiger partial charge on any atom is -0.490 e. The van der Waals surface area contributed by atoms with Crippen molar-refractivity contribution < 1.29 is 18.9 Å². The molecule has 5 rings (SSSR count). The van der Waals surface area contributed by atoms with Crippen molar-refractivity contribution in [2.45, 2.75) is 102 Å². The van der Waals surface area contributed by atoms with E-state index in [0.29, 0.717) is 12.0 Å². The van der Waals surface area contributed by atoms with Crippen molar-refractivity contribution in [1.82, 2.24) is 15.1 Å². The summed E-state index contributed by atoms with van der Waals surface area (Å²) in [7, 11) is 0. The zero-order chi connectivity index (χ0) is 26.0. The number of hydrogen-bond donors (Lipinski definition) is 0. The molecule has 0 amide bonds. The van der Waals surface area contributed by atoms with Gasteiger partial charge in [0.1, 0.15) is 11.9 Å².